The normalized spacial score (nSPS) is 19.6. The van der Waals surface area contributed by atoms with Gasteiger partial charge < -0.3 is 10.2 Å². The second-order valence-corrected chi connectivity index (χ2v) is 7.63. The van der Waals surface area contributed by atoms with Crippen LogP contribution in [0.1, 0.15) is 18.9 Å². The fourth-order valence-corrected chi connectivity index (χ4v) is 4.02. The Kier molecular flexibility index (Phi) is 5.12. The van der Waals surface area contributed by atoms with E-state index in [9.17, 15) is 18.0 Å². The Bertz CT molecular complexity index is 645. The summed E-state index contributed by atoms with van der Waals surface area (Å²) in [5.41, 5.74) is 0.828. The van der Waals surface area contributed by atoms with Crippen LogP contribution in [-0.4, -0.2) is 54.2 Å². The average Bonchev–Trinajstić information content (AvgIpc) is 2.78. The molecule has 1 aliphatic rings. The van der Waals surface area contributed by atoms with Crippen molar-refractivity contribution in [3.63, 3.8) is 0 Å². The summed E-state index contributed by atoms with van der Waals surface area (Å²) in [7, 11) is -3.04. The van der Waals surface area contributed by atoms with Crippen LogP contribution in [0.15, 0.2) is 24.5 Å². The number of hydrogen-bond donors (Lipinski definition) is 1. The molecule has 0 aliphatic carbocycles. The first-order valence-electron chi connectivity index (χ1n) is 7.00. The Morgan fingerprint density at radius 1 is 1.45 bits per heavy atom. The Morgan fingerprint density at radius 2 is 2.23 bits per heavy atom. The maximum absolute atomic E-state index is 12.0. The molecule has 2 heterocycles. The molecular formula is C14H19N3O4S. The van der Waals surface area contributed by atoms with E-state index >= 15 is 0 Å². The maximum atomic E-state index is 12.0. The molecule has 1 unspecified atom stereocenters. The number of hydrogen-bond acceptors (Lipinski definition) is 5. The predicted octanol–water partition coefficient (Wildman–Crippen LogP) is -0.267. The minimum atomic E-state index is -3.04. The van der Waals surface area contributed by atoms with Crippen LogP contribution >= 0.6 is 0 Å². The van der Waals surface area contributed by atoms with Crippen molar-refractivity contribution in [2.75, 3.05) is 18.1 Å². The van der Waals surface area contributed by atoms with Crippen molar-refractivity contribution in [1.82, 2.24) is 15.2 Å². The topological polar surface area (TPSA) is 96.4 Å². The Morgan fingerprint density at radius 3 is 2.77 bits per heavy atom. The highest BCUT2D eigenvalue weighted by molar-refractivity contribution is 7.91. The molecule has 1 aromatic heterocycles. The predicted molar refractivity (Wildman–Crippen MR) is 80.5 cm³/mol. The van der Waals surface area contributed by atoms with Gasteiger partial charge in [-0.3, -0.25) is 14.6 Å². The summed E-state index contributed by atoms with van der Waals surface area (Å²) in [5, 5.41) is 2.68. The van der Waals surface area contributed by atoms with Crippen LogP contribution in [-0.2, 0) is 26.0 Å². The third kappa shape index (κ3) is 4.80. The zero-order valence-corrected chi connectivity index (χ0v) is 13.2. The van der Waals surface area contributed by atoms with E-state index in [4.69, 9.17) is 0 Å². The van der Waals surface area contributed by atoms with E-state index in [0.29, 0.717) is 13.0 Å². The lowest BCUT2D eigenvalue weighted by Crippen LogP contribution is -2.43. The molecule has 8 heteroatoms. The molecule has 2 amide bonds. The monoisotopic (exact) mass is 325 g/mol. The summed E-state index contributed by atoms with van der Waals surface area (Å²) in [6.45, 7) is 1.59. The second-order valence-electron chi connectivity index (χ2n) is 5.40. The molecular weight excluding hydrogens is 306 g/mol. The third-order valence-electron chi connectivity index (χ3n) is 3.47. The van der Waals surface area contributed by atoms with Gasteiger partial charge in [-0.25, -0.2) is 8.42 Å². The highest BCUT2D eigenvalue weighted by Crippen LogP contribution is 2.11. The van der Waals surface area contributed by atoms with Crippen LogP contribution in [0.3, 0.4) is 0 Å². The fraction of sp³-hybridized carbons (Fsp3) is 0.500. The highest BCUT2D eigenvalue weighted by Gasteiger charge is 2.29. The summed E-state index contributed by atoms with van der Waals surface area (Å²) >= 11 is 0. The minimum absolute atomic E-state index is 0.0264. The zero-order valence-electron chi connectivity index (χ0n) is 12.4. The number of carbonyl (C=O) groups is 2. The van der Waals surface area contributed by atoms with E-state index in [1.165, 1.54) is 11.8 Å². The number of carbonyl (C=O) groups excluding carboxylic acids is 2. The molecule has 0 bridgehead atoms. The van der Waals surface area contributed by atoms with Gasteiger partial charge in [0, 0.05) is 31.9 Å². The van der Waals surface area contributed by atoms with Gasteiger partial charge in [-0.15, -0.1) is 0 Å². The Hall–Kier alpha value is -1.96. The molecule has 1 aliphatic heterocycles. The molecule has 1 N–H and O–H groups in total. The number of pyridine rings is 1. The van der Waals surface area contributed by atoms with Crippen molar-refractivity contribution in [2.24, 2.45) is 0 Å². The number of nitrogens with one attached hydrogen (secondary N) is 1. The van der Waals surface area contributed by atoms with Gasteiger partial charge in [-0.05, 0) is 18.1 Å². The summed E-state index contributed by atoms with van der Waals surface area (Å²) in [6, 6.07) is 3.23. The van der Waals surface area contributed by atoms with E-state index in [1.54, 1.807) is 18.5 Å². The Labute approximate surface area is 129 Å². The molecule has 0 radical (unpaired) electrons. The number of nitrogens with zero attached hydrogens (tertiary/aromatic N) is 2. The number of aromatic nitrogens is 1. The number of amides is 2. The Balaban J connectivity index is 1.91. The van der Waals surface area contributed by atoms with Gasteiger partial charge >= 0.3 is 0 Å². The molecule has 0 aromatic carbocycles. The van der Waals surface area contributed by atoms with Crippen LogP contribution in [0.5, 0.6) is 0 Å². The van der Waals surface area contributed by atoms with E-state index in [2.05, 4.69) is 10.3 Å². The van der Waals surface area contributed by atoms with Crippen molar-refractivity contribution in [3.8, 4) is 0 Å². The molecule has 0 saturated carbocycles. The van der Waals surface area contributed by atoms with Gasteiger partial charge in [0.25, 0.3) is 0 Å². The first-order valence-corrected chi connectivity index (χ1v) is 8.82. The van der Waals surface area contributed by atoms with Gasteiger partial charge in [0.1, 0.15) is 0 Å². The minimum Gasteiger partial charge on any atom is -0.351 e. The standard InChI is InChI=1S/C14H19N3O4S/c1-11(18)17(8-12-3-2-5-15-7-12)9-14(19)16-13-4-6-22(20,21)10-13/h2-3,5,7,13H,4,6,8-10H2,1H3,(H,16,19). The van der Waals surface area contributed by atoms with Gasteiger partial charge in [-0.1, -0.05) is 6.07 Å². The second kappa shape index (κ2) is 6.87. The van der Waals surface area contributed by atoms with Gasteiger partial charge in [-0.2, -0.15) is 0 Å². The number of sulfone groups is 1. The first kappa shape index (κ1) is 16.4. The third-order valence-corrected chi connectivity index (χ3v) is 5.24. The number of rotatable bonds is 5. The quantitative estimate of drug-likeness (QED) is 0.804. The smallest absolute Gasteiger partial charge is 0.239 e. The van der Waals surface area contributed by atoms with Crippen molar-refractivity contribution >= 4 is 21.7 Å². The molecule has 1 aromatic rings. The van der Waals surface area contributed by atoms with Crippen LogP contribution in [0.25, 0.3) is 0 Å². The summed E-state index contributed by atoms with van der Waals surface area (Å²) < 4.78 is 22.7. The van der Waals surface area contributed by atoms with E-state index in [1.807, 2.05) is 6.07 Å². The average molecular weight is 325 g/mol. The fourth-order valence-electron chi connectivity index (χ4n) is 2.35. The van der Waals surface area contributed by atoms with E-state index in [0.717, 1.165) is 5.56 Å². The van der Waals surface area contributed by atoms with Crippen LogP contribution in [0, 0.1) is 0 Å². The lowest BCUT2D eigenvalue weighted by molar-refractivity contribution is -0.135. The largest absolute Gasteiger partial charge is 0.351 e. The SMILES string of the molecule is CC(=O)N(CC(=O)NC1CCS(=O)(=O)C1)Cc1cccnc1. The van der Waals surface area contributed by atoms with Crippen LogP contribution in [0.4, 0.5) is 0 Å². The van der Waals surface area contributed by atoms with Crippen molar-refractivity contribution in [3.05, 3.63) is 30.1 Å². The van der Waals surface area contributed by atoms with E-state index < -0.39 is 9.84 Å². The van der Waals surface area contributed by atoms with Gasteiger partial charge in [0.15, 0.2) is 9.84 Å². The first-order chi connectivity index (χ1) is 10.4. The summed E-state index contributed by atoms with van der Waals surface area (Å²) in [4.78, 5) is 29.0. The molecule has 1 atom stereocenters. The van der Waals surface area contributed by atoms with Gasteiger partial charge in [0.05, 0.1) is 18.1 Å². The molecule has 1 saturated heterocycles. The molecule has 120 valence electrons. The van der Waals surface area contributed by atoms with Crippen molar-refractivity contribution < 1.29 is 18.0 Å². The maximum Gasteiger partial charge on any atom is 0.239 e. The zero-order chi connectivity index (χ0) is 16.2. The lowest BCUT2D eigenvalue weighted by atomic mass is 10.2. The van der Waals surface area contributed by atoms with Gasteiger partial charge in [0.2, 0.25) is 11.8 Å². The molecule has 1 fully saturated rings. The highest BCUT2D eigenvalue weighted by atomic mass is 32.2. The van der Waals surface area contributed by atoms with E-state index in [-0.39, 0.29) is 35.9 Å². The summed E-state index contributed by atoms with van der Waals surface area (Å²) in [5.74, 6) is -0.495. The molecule has 0 spiro atoms. The van der Waals surface area contributed by atoms with Crippen LogP contribution in [0.2, 0.25) is 0 Å². The van der Waals surface area contributed by atoms with Crippen LogP contribution < -0.4 is 5.32 Å². The molecule has 7 nitrogen and oxygen atoms in total. The molecule has 2 rings (SSSR count). The summed E-state index contributed by atoms with van der Waals surface area (Å²) in [6.07, 6.45) is 3.70. The lowest BCUT2D eigenvalue weighted by Gasteiger charge is -2.21. The van der Waals surface area contributed by atoms with Crippen molar-refractivity contribution in [1.29, 1.82) is 0 Å². The molecule has 22 heavy (non-hydrogen) atoms. The van der Waals surface area contributed by atoms with Crippen molar-refractivity contribution in [2.45, 2.75) is 25.9 Å².